The van der Waals surface area contributed by atoms with Crippen LogP contribution in [0.25, 0.3) is 0 Å². The van der Waals surface area contributed by atoms with E-state index in [4.69, 9.17) is 4.74 Å². The summed E-state index contributed by atoms with van der Waals surface area (Å²) < 4.78 is 30.9. The highest BCUT2D eigenvalue weighted by Gasteiger charge is 2.39. The van der Waals surface area contributed by atoms with Gasteiger partial charge in [-0.25, -0.2) is 13.1 Å². The molecule has 1 aliphatic carbocycles. The van der Waals surface area contributed by atoms with Gasteiger partial charge >= 0.3 is 0 Å². The zero-order valence-corrected chi connectivity index (χ0v) is 19.1. The van der Waals surface area contributed by atoms with Crippen molar-refractivity contribution in [2.24, 2.45) is 0 Å². The molecule has 1 saturated heterocycles. The Bertz CT molecular complexity index is 1000. The fourth-order valence-electron chi connectivity index (χ4n) is 4.39. The molecule has 0 spiro atoms. The number of hydrogen-bond donors (Lipinski definition) is 0. The highest BCUT2D eigenvalue weighted by atomic mass is 32.2. The SMILES string of the molecule is COc1ccc(Cn2nnnc2SCC(=O)N(C2CCCC2)[C@H]2CCS(=O)(=O)C2)cc1. The Morgan fingerprint density at radius 1 is 1.19 bits per heavy atom. The largest absolute Gasteiger partial charge is 0.497 e. The molecule has 4 rings (SSSR count). The normalized spacial score (nSPS) is 20.7. The molecule has 1 aromatic carbocycles. The molecule has 2 fully saturated rings. The van der Waals surface area contributed by atoms with Gasteiger partial charge in [-0.05, 0) is 47.4 Å². The smallest absolute Gasteiger partial charge is 0.233 e. The lowest BCUT2D eigenvalue weighted by Crippen LogP contribution is -2.47. The van der Waals surface area contributed by atoms with Gasteiger partial charge in [-0.15, -0.1) is 5.10 Å². The van der Waals surface area contributed by atoms with E-state index >= 15 is 0 Å². The second kappa shape index (κ2) is 9.56. The van der Waals surface area contributed by atoms with Crippen molar-refractivity contribution in [3.05, 3.63) is 29.8 Å². The zero-order chi connectivity index (χ0) is 21.8. The van der Waals surface area contributed by atoms with Crippen LogP contribution >= 0.6 is 11.8 Å². The molecule has 0 unspecified atom stereocenters. The van der Waals surface area contributed by atoms with Crippen LogP contribution in [0.2, 0.25) is 0 Å². The van der Waals surface area contributed by atoms with E-state index in [9.17, 15) is 13.2 Å². The molecule has 0 radical (unpaired) electrons. The van der Waals surface area contributed by atoms with Gasteiger partial charge in [-0.3, -0.25) is 4.79 Å². The number of ether oxygens (including phenoxy) is 1. The number of carbonyl (C=O) groups excluding carboxylic acids is 1. The number of rotatable bonds is 8. The molecule has 1 saturated carbocycles. The van der Waals surface area contributed by atoms with E-state index in [1.165, 1.54) is 11.8 Å². The maximum absolute atomic E-state index is 13.2. The fourth-order valence-corrected chi connectivity index (χ4v) is 6.84. The van der Waals surface area contributed by atoms with Crippen molar-refractivity contribution < 1.29 is 17.9 Å². The molecule has 2 aromatic rings. The molecular weight excluding hydrogens is 438 g/mol. The van der Waals surface area contributed by atoms with Crippen LogP contribution in [0.3, 0.4) is 0 Å². The zero-order valence-electron chi connectivity index (χ0n) is 17.5. The van der Waals surface area contributed by atoms with Crippen molar-refractivity contribution in [3.63, 3.8) is 0 Å². The van der Waals surface area contributed by atoms with Gasteiger partial charge in [-0.2, -0.15) is 0 Å². The Hall–Kier alpha value is -2.14. The number of aromatic nitrogens is 4. The van der Waals surface area contributed by atoms with Gasteiger partial charge < -0.3 is 9.64 Å². The lowest BCUT2D eigenvalue weighted by atomic mass is 10.1. The van der Waals surface area contributed by atoms with Gasteiger partial charge in [0.1, 0.15) is 5.75 Å². The minimum atomic E-state index is -3.05. The summed E-state index contributed by atoms with van der Waals surface area (Å²) in [7, 11) is -1.43. The van der Waals surface area contributed by atoms with Crippen LogP contribution in [0.15, 0.2) is 29.4 Å². The molecule has 11 heteroatoms. The van der Waals surface area contributed by atoms with E-state index < -0.39 is 9.84 Å². The maximum Gasteiger partial charge on any atom is 0.233 e. The number of carbonyl (C=O) groups is 1. The van der Waals surface area contributed by atoms with Crippen LogP contribution in [-0.2, 0) is 21.2 Å². The Kier molecular flexibility index (Phi) is 6.80. The van der Waals surface area contributed by atoms with Crippen molar-refractivity contribution >= 4 is 27.5 Å². The minimum absolute atomic E-state index is 0.0296. The van der Waals surface area contributed by atoms with Crippen LogP contribution in [0.4, 0.5) is 0 Å². The van der Waals surface area contributed by atoms with E-state index in [0.717, 1.165) is 37.0 Å². The molecule has 2 heterocycles. The Balaban J connectivity index is 1.41. The Labute approximate surface area is 186 Å². The molecule has 9 nitrogen and oxygen atoms in total. The molecule has 1 atom stereocenters. The number of nitrogens with zero attached hydrogens (tertiary/aromatic N) is 5. The van der Waals surface area contributed by atoms with E-state index in [1.807, 2.05) is 29.2 Å². The van der Waals surface area contributed by atoms with E-state index in [-0.39, 0.29) is 35.2 Å². The number of hydrogen-bond acceptors (Lipinski definition) is 8. The number of thioether (sulfide) groups is 1. The Morgan fingerprint density at radius 2 is 1.94 bits per heavy atom. The summed E-state index contributed by atoms with van der Waals surface area (Å²) in [5.41, 5.74) is 1.02. The van der Waals surface area contributed by atoms with Crippen LogP contribution in [0, 0.1) is 0 Å². The van der Waals surface area contributed by atoms with Gasteiger partial charge in [0.25, 0.3) is 0 Å². The number of tetrazole rings is 1. The van der Waals surface area contributed by atoms with Crippen LogP contribution in [0.1, 0.15) is 37.7 Å². The second-order valence-corrected chi connectivity index (χ2v) is 11.2. The molecule has 1 amide bonds. The van der Waals surface area contributed by atoms with Gasteiger partial charge in [0.05, 0.1) is 30.9 Å². The average molecular weight is 466 g/mol. The Morgan fingerprint density at radius 3 is 2.58 bits per heavy atom. The van der Waals surface area contributed by atoms with Gasteiger partial charge in [-0.1, -0.05) is 36.7 Å². The number of amides is 1. The molecular formula is C20H27N5O4S2. The average Bonchev–Trinajstić information content (AvgIpc) is 3.50. The lowest BCUT2D eigenvalue weighted by Gasteiger charge is -2.34. The first kappa shape index (κ1) is 22.1. The second-order valence-electron chi connectivity index (χ2n) is 8.05. The van der Waals surface area contributed by atoms with Crippen molar-refractivity contribution in [1.82, 2.24) is 25.1 Å². The van der Waals surface area contributed by atoms with Gasteiger partial charge in [0, 0.05) is 12.1 Å². The fraction of sp³-hybridized carbons (Fsp3) is 0.600. The first-order valence-corrected chi connectivity index (χ1v) is 13.3. The standard InChI is InChI=1S/C20H27N5O4S2/c1-29-18-8-6-15(7-9-18)12-24-20(21-22-23-24)30-13-19(26)25(16-4-2-3-5-16)17-10-11-31(27,28)14-17/h6-9,16-17H,2-5,10-14H2,1H3/t17-/m0/s1. The number of methoxy groups -OCH3 is 1. The quantitative estimate of drug-likeness (QED) is 0.543. The summed E-state index contributed by atoms with van der Waals surface area (Å²) in [6, 6.07) is 7.58. The van der Waals surface area contributed by atoms with E-state index in [2.05, 4.69) is 15.5 Å². The molecule has 31 heavy (non-hydrogen) atoms. The molecule has 168 valence electrons. The number of sulfone groups is 1. The number of benzene rings is 1. The van der Waals surface area contributed by atoms with Crippen LogP contribution in [-0.4, -0.2) is 75.9 Å². The van der Waals surface area contributed by atoms with Gasteiger partial charge in [0.15, 0.2) is 9.84 Å². The first-order valence-electron chi connectivity index (χ1n) is 10.5. The topological polar surface area (TPSA) is 107 Å². The third-order valence-electron chi connectivity index (χ3n) is 5.92. The van der Waals surface area contributed by atoms with E-state index in [0.29, 0.717) is 18.1 Å². The van der Waals surface area contributed by atoms with Crippen molar-refractivity contribution in [3.8, 4) is 5.75 Å². The summed E-state index contributed by atoms with van der Waals surface area (Å²) in [5.74, 6) is 1.19. The summed E-state index contributed by atoms with van der Waals surface area (Å²) >= 11 is 1.30. The van der Waals surface area contributed by atoms with Crippen LogP contribution in [0.5, 0.6) is 5.75 Å². The molecule has 0 bridgehead atoms. The molecule has 0 N–H and O–H groups in total. The predicted molar refractivity (Wildman–Crippen MR) is 117 cm³/mol. The predicted octanol–water partition coefficient (Wildman–Crippen LogP) is 1.78. The third-order valence-corrected chi connectivity index (χ3v) is 8.62. The minimum Gasteiger partial charge on any atom is -0.497 e. The van der Waals surface area contributed by atoms with Gasteiger partial charge in [0.2, 0.25) is 11.1 Å². The summed E-state index contributed by atoms with van der Waals surface area (Å²) in [6.07, 6.45) is 4.59. The monoisotopic (exact) mass is 465 g/mol. The van der Waals surface area contributed by atoms with Crippen molar-refractivity contribution in [2.75, 3.05) is 24.4 Å². The van der Waals surface area contributed by atoms with Crippen molar-refractivity contribution in [1.29, 1.82) is 0 Å². The summed E-state index contributed by atoms with van der Waals surface area (Å²) in [5, 5.41) is 12.4. The highest BCUT2D eigenvalue weighted by molar-refractivity contribution is 7.99. The van der Waals surface area contributed by atoms with Crippen LogP contribution < -0.4 is 4.74 Å². The van der Waals surface area contributed by atoms with Crippen molar-refractivity contribution in [2.45, 2.75) is 55.9 Å². The molecule has 1 aromatic heterocycles. The third kappa shape index (κ3) is 5.38. The summed E-state index contributed by atoms with van der Waals surface area (Å²) in [6.45, 7) is 0.487. The summed E-state index contributed by atoms with van der Waals surface area (Å²) in [4.78, 5) is 15.0. The molecule has 2 aliphatic rings. The lowest BCUT2D eigenvalue weighted by molar-refractivity contribution is -0.132. The highest BCUT2D eigenvalue weighted by Crippen LogP contribution is 2.30. The van der Waals surface area contributed by atoms with E-state index in [1.54, 1.807) is 11.8 Å². The maximum atomic E-state index is 13.2. The molecule has 1 aliphatic heterocycles. The first-order chi connectivity index (χ1) is 14.9.